The van der Waals surface area contributed by atoms with Crippen LogP contribution in [0.2, 0.25) is 0 Å². The van der Waals surface area contributed by atoms with E-state index < -0.39 is 21.8 Å². The average molecular weight is 465 g/mol. The number of amides is 1. The molecule has 2 aliphatic carbocycles. The molecule has 7 aliphatic rings. The van der Waals surface area contributed by atoms with Crippen LogP contribution in [-0.2, 0) is 19.1 Å². The maximum Gasteiger partial charge on any atom is 0.229 e. The van der Waals surface area contributed by atoms with E-state index in [1.807, 2.05) is 4.90 Å². The predicted octanol–water partition coefficient (Wildman–Crippen LogP) is -3.53. The van der Waals surface area contributed by atoms with Gasteiger partial charge in [-0.2, -0.15) is 14.0 Å². The van der Waals surface area contributed by atoms with Crippen molar-refractivity contribution >= 4 is 17.5 Å². The third-order valence-corrected chi connectivity index (χ3v) is 8.38. The highest BCUT2D eigenvalue weighted by Crippen LogP contribution is 2.68. The van der Waals surface area contributed by atoms with Crippen molar-refractivity contribution in [3.05, 3.63) is 35.1 Å². The van der Waals surface area contributed by atoms with Crippen molar-refractivity contribution in [1.29, 1.82) is 0 Å². The molecule has 6 unspecified atom stereocenters. The van der Waals surface area contributed by atoms with Crippen LogP contribution in [0.25, 0.3) is 0 Å². The first-order valence-electron chi connectivity index (χ1n) is 10.6. The van der Waals surface area contributed by atoms with Gasteiger partial charge in [0.1, 0.15) is 0 Å². The van der Waals surface area contributed by atoms with Crippen molar-refractivity contribution in [2.24, 2.45) is 17.3 Å². The Balaban J connectivity index is 0.000000357. The van der Waals surface area contributed by atoms with Crippen molar-refractivity contribution in [2.45, 2.75) is 37.5 Å². The fraction of sp³-hybridized carbons (Fsp3) is 0.571. The Morgan fingerprint density at radius 1 is 1.16 bits per heavy atom. The Hall–Kier alpha value is -1.92. The number of piperidine rings is 2. The van der Waals surface area contributed by atoms with Crippen LogP contribution in [0, 0.1) is 27.5 Å². The number of allylic oxidation sites excluding steroid dienone is 3. The number of carbonyl (C=O) groups excluding carboxylic acids is 3. The molecule has 0 aromatic heterocycles. The molecule has 7 rings (SSSR count). The fourth-order valence-corrected chi connectivity index (χ4v) is 7.55. The standard InChI is InChI=1S/C21H20N2O4.ClHO4/c24-14-6-12-13(7-15(14)25)23-18(26)8-16-19-11-5-17-21(12,20(19)23)2-3-22(17)9-10(11)1-4-27-16;2-1(3,4)5/h1,6-7,11,16-17,19-20H,2-5,8-9H2;(H,2,3,4,5). The Morgan fingerprint density at radius 3 is 2.62 bits per heavy atom. The van der Waals surface area contributed by atoms with Crippen LogP contribution in [0.15, 0.2) is 35.1 Å². The molecule has 11 heteroatoms. The van der Waals surface area contributed by atoms with Gasteiger partial charge in [0.15, 0.2) is 0 Å². The van der Waals surface area contributed by atoms with Crippen molar-refractivity contribution in [3.63, 3.8) is 0 Å². The Morgan fingerprint density at radius 2 is 1.88 bits per heavy atom. The van der Waals surface area contributed by atoms with Crippen LogP contribution in [0.3, 0.4) is 0 Å². The summed E-state index contributed by atoms with van der Waals surface area (Å²) in [5.41, 5.74) is 2.90. The summed E-state index contributed by atoms with van der Waals surface area (Å²) < 4.78 is 38.9. The van der Waals surface area contributed by atoms with Gasteiger partial charge in [-0.15, -0.1) is 0 Å². The smallest absolute Gasteiger partial charge is 0.229 e. The molecule has 10 nitrogen and oxygen atoms in total. The summed E-state index contributed by atoms with van der Waals surface area (Å²) in [4.78, 5) is 42.1. The van der Waals surface area contributed by atoms with Gasteiger partial charge in [0.2, 0.25) is 17.5 Å². The molecule has 5 heterocycles. The van der Waals surface area contributed by atoms with Crippen LogP contribution in [-0.4, -0.2) is 69.8 Å². The molecule has 0 aromatic carbocycles. The lowest BCUT2D eigenvalue weighted by Crippen LogP contribution is -2.66. The largest absolute Gasteiger partial charge is 0.373 e. The molecule has 6 atom stereocenters. The SMILES string of the molecule is O=C1C=C2C(=CC1=O)C13CCN4CC5=CCOC6CC(=O)N2C1C6C5CC43.[O-][Cl+3]([O-])([O-])O. The first kappa shape index (κ1) is 20.7. The molecule has 2 bridgehead atoms. The number of hydrogen-bond donors (Lipinski definition) is 1. The lowest BCUT2D eigenvalue weighted by atomic mass is 9.53. The molecule has 5 fully saturated rings. The quantitative estimate of drug-likeness (QED) is 0.218. The third kappa shape index (κ3) is 2.65. The van der Waals surface area contributed by atoms with E-state index in [0.717, 1.165) is 31.5 Å². The first-order valence-corrected chi connectivity index (χ1v) is 11.9. The Kier molecular flexibility index (Phi) is 4.24. The van der Waals surface area contributed by atoms with Crippen molar-refractivity contribution in [2.75, 3.05) is 19.7 Å². The van der Waals surface area contributed by atoms with Gasteiger partial charge < -0.3 is 9.64 Å². The van der Waals surface area contributed by atoms with Gasteiger partial charge in [0.25, 0.3) is 0 Å². The molecule has 1 amide bonds. The molecule has 1 saturated carbocycles. The summed E-state index contributed by atoms with van der Waals surface area (Å²) in [6.45, 7) is 2.54. The minimum absolute atomic E-state index is 0.00972. The molecule has 1 N–H and O–H groups in total. The molecule has 4 saturated heterocycles. The number of fused-ring (bicyclic) bond motifs is 2. The minimum Gasteiger partial charge on any atom is -0.373 e. The van der Waals surface area contributed by atoms with E-state index in [1.54, 1.807) is 6.08 Å². The van der Waals surface area contributed by atoms with Crippen molar-refractivity contribution < 1.29 is 48.0 Å². The topological polar surface area (TPSA) is 156 Å². The summed E-state index contributed by atoms with van der Waals surface area (Å²) in [5, 5.41) is 0. The van der Waals surface area contributed by atoms with Crippen LogP contribution in [0.5, 0.6) is 0 Å². The maximum atomic E-state index is 13.2. The second-order valence-electron chi connectivity index (χ2n) is 9.47. The van der Waals surface area contributed by atoms with E-state index in [1.165, 1.54) is 11.6 Å². The van der Waals surface area contributed by atoms with Crippen LogP contribution in [0.4, 0.5) is 0 Å². The molecule has 0 aromatic rings. The number of ether oxygens (including phenoxy) is 1. The third-order valence-electron chi connectivity index (χ3n) is 8.38. The summed E-state index contributed by atoms with van der Waals surface area (Å²) in [6, 6.07) is 0.349. The summed E-state index contributed by atoms with van der Waals surface area (Å²) in [7, 11) is -4.69. The molecular weight excluding hydrogens is 444 g/mol. The van der Waals surface area contributed by atoms with Crippen LogP contribution in [0.1, 0.15) is 19.3 Å². The maximum absolute atomic E-state index is 13.2. The van der Waals surface area contributed by atoms with E-state index in [9.17, 15) is 14.4 Å². The average Bonchev–Trinajstić information content (AvgIpc) is 3.15. The molecule has 0 radical (unpaired) electrons. The zero-order valence-electron chi connectivity index (χ0n) is 16.9. The number of carbonyl (C=O) groups is 3. The lowest BCUT2D eigenvalue weighted by molar-refractivity contribution is -1.92. The van der Waals surface area contributed by atoms with Gasteiger partial charge in [-0.05, 0) is 37.0 Å². The zero-order valence-corrected chi connectivity index (χ0v) is 17.7. The van der Waals surface area contributed by atoms with Crippen LogP contribution < -0.4 is 14.0 Å². The normalized spacial score (nSPS) is 41.2. The van der Waals surface area contributed by atoms with Gasteiger partial charge in [0, 0.05) is 30.0 Å². The van der Waals surface area contributed by atoms with Crippen LogP contribution >= 0.6 is 0 Å². The van der Waals surface area contributed by atoms with E-state index >= 15 is 0 Å². The van der Waals surface area contributed by atoms with Gasteiger partial charge in [0.05, 0.1) is 45.8 Å². The van der Waals surface area contributed by atoms with Gasteiger partial charge in [-0.3, -0.25) is 19.3 Å². The van der Waals surface area contributed by atoms with E-state index in [2.05, 4.69) is 11.0 Å². The first-order chi connectivity index (χ1) is 15.1. The predicted molar refractivity (Wildman–Crippen MR) is 95.5 cm³/mol. The molecule has 170 valence electrons. The lowest BCUT2D eigenvalue weighted by Gasteiger charge is -2.58. The highest BCUT2D eigenvalue weighted by atomic mass is 35.7. The monoisotopic (exact) mass is 464 g/mol. The number of hydrogen-bond acceptors (Lipinski definition) is 9. The van der Waals surface area contributed by atoms with Crippen molar-refractivity contribution in [3.8, 4) is 0 Å². The number of nitrogens with zero attached hydrogens (tertiary/aromatic N) is 2. The number of halogens is 1. The number of rotatable bonds is 0. The van der Waals surface area contributed by atoms with Crippen molar-refractivity contribution in [1.82, 2.24) is 9.80 Å². The van der Waals surface area contributed by atoms with E-state index in [-0.39, 0.29) is 29.4 Å². The highest BCUT2D eigenvalue weighted by molar-refractivity contribution is 6.47. The Labute approximate surface area is 185 Å². The Bertz CT molecular complexity index is 1040. The second-order valence-corrected chi connectivity index (χ2v) is 10.3. The molecule has 32 heavy (non-hydrogen) atoms. The zero-order chi connectivity index (χ0) is 22.6. The number of ketones is 2. The van der Waals surface area contributed by atoms with Gasteiger partial charge in [-0.25, -0.2) is 0 Å². The molecule has 1 spiro atoms. The molecular formula is C21H21ClN2O8. The van der Waals surface area contributed by atoms with Gasteiger partial charge in [-0.1, -0.05) is 11.6 Å². The minimum atomic E-state index is -4.69. The second kappa shape index (κ2) is 6.57. The summed E-state index contributed by atoms with van der Waals surface area (Å²) >= 11 is 0. The fourth-order valence-electron chi connectivity index (χ4n) is 7.55. The summed E-state index contributed by atoms with van der Waals surface area (Å²) in [6.07, 6.45) is 7.56. The summed E-state index contributed by atoms with van der Waals surface area (Å²) in [5.74, 6) is -0.210. The molecule has 5 aliphatic heterocycles. The van der Waals surface area contributed by atoms with E-state index in [4.69, 9.17) is 23.4 Å². The van der Waals surface area contributed by atoms with E-state index in [0.29, 0.717) is 30.7 Å². The van der Waals surface area contributed by atoms with Gasteiger partial charge >= 0.3 is 0 Å². The highest BCUT2D eigenvalue weighted by Gasteiger charge is 2.72.